The van der Waals surface area contributed by atoms with Gasteiger partial charge in [-0.2, -0.15) is 0 Å². The second kappa shape index (κ2) is 7.88. The van der Waals surface area contributed by atoms with Crippen molar-refractivity contribution in [3.63, 3.8) is 0 Å². The first-order valence-corrected chi connectivity index (χ1v) is 6.44. The summed E-state index contributed by atoms with van der Waals surface area (Å²) < 4.78 is 10.2. The van der Waals surface area contributed by atoms with Gasteiger partial charge in [-0.1, -0.05) is 0 Å². The van der Waals surface area contributed by atoms with Gasteiger partial charge in [-0.25, -0.2) is 9.59 Å². The van der Waals surface area contributed by atoms with Crippen molar-refractivity contribution in [1.82, 2.24) is 10.6 Å². The number of benzene rings is 1. The van der Waals surface area contributed by atoms with Gasteiger partial charge in [0.15, 0.2) is 6.10 Å². The lowest BCUT2D eigenvalue weighted by molar-refractivity contribution is -0.127. The second-order valence-corrected chi connectivity index (χ2v) is 4.07. The van der Waals surface area contributed by atoms with Crippen LogP contribution < -0.4 is 15.4 Å². The lowest BCUT2D eigenvalue weighted by Crippen LogP contribution is -2.43. The van der Waals surface area contributed by atoms with E-state index >= 15 is 0 Å². The number of ether oxygens (including phenoxy) is 2. The van der Waals surface area contributed by atoms with Crippen molar-refractivity contribution in [2.24, 2.45) is 0 Å². The van der Waals surface area contributed by atoms with E-state index in [1.807, 2.05) is 12.2 Å². The van der Waals surface area contributed by atoms with Gasteiger partial charge < -0.3 is 14.8 Å². The maximum atomic E-state index is 11.8. The van der Waals surface area contributed by atoms with Crippen LogP contribution >= 0.6 is 0 Å². The number of amides is 3. The smallest absolute Gasteiger partial charge is 0.338 e. The molecule has 0 heterocycles. The quantitative estimate of drug-likeness (QED) is 0.793. The van der Waals surface area contributed by atoms with Gasteiger partial charge in [-0.3, -0.25) is 10.1 Å². The highest BCUT2D eigenvalue weighted by Gasteiger charge is 2.20. The summed E-state index contributed by atoms with van der Waals surface area (Å²) in [6, 6.07) is 5.68. The molecule has 1 atom stereocenters. The van der Waals surface area contributed by atoms with Gasteiger partial charge in [-0.05, 0) is 38.1 Å². The fourth-order valence-corrected chi connectivity index (χ4v) is 1.41. The normalized spacial score (nSPS) is 11.2. The van der Waals surface area contributed by atoms with E-state index in [1.165, 1.54) is 26.1 Å². The Kier molecular flexibility index (Phi) is 6.19. The Hall–Kier alpha value is -2.57. The molecule has 7 nitrogen and oxygen atoms in total. The summed E-state index contributed by atoms with van der Waals surface area (Å²) in [6.07, 6.45) is -1.08. The fraction of sp³-hybridized carbons (Fsp3) is 0.357. The number of carbonyl (C=O) groups is 3. The largest absolute Gasteiger partial charge is 0.494 e. The van der Waals surface area contributed by atoms with E-state index in [9.17, 15) is 14.4 Å². The number of hydrogen-bond donors (Lipinski definition) is 2. The Bertz CT molecular complexity index is 513. The summed E-state index contributed by atoms with van der Waals surface area (Å²) in [7, 11) is 1.37. The summed E-state index contributed by atoms with van der Waals surface area (Å²) >= 11 is 0. The molecule has 0 aromatic heterocycles. The molecule has 0 aliphatic rings. The Balaban J connectivity index is 2.59. The number of carbonyl (C=O) groups excluding carboxylic acids is 3. The third-order valence-corrected chi connectivity index (χ3v) is 2.52. The predicted octanol–water partition coefficient (Wildman–Crippen LogP) is 1.09. The molecule has 1 rings (SSSR count). The van der Waals surface area contributed by atoms with Crippen LogP contribution in [-0.4, -0.2) is 37.7 Å². The van der Waals surface area contributed by atoms with Gasteiger partial charge in [0.2, 0.25) is 0 Å². The van der Waals surface area contributed by atoms with Crippen LogP contribution in [0.4, 0.5) is 4.79 Å². The molecule has 0 spiro atoms. The highest BCUT2D eigenvalue weighted by Crippen LogP contribution is 2.13. The lowest BCUT2D eigenvalue weighted by Gasteiger charge is -2.12. The monoisotopic (exact) mass is 294 g/mol. The van der Waals surface area contributed by atoms with Crippen molar-refractivity contribution < 1.29 is 23.9 Å². The van der Waals surface area contributed by atoms with Crippen LogP contribution in [0.1, 0.15) is 24.2 Å². The number of imide groups is 1. The van der Waals surface area contributed by atoms with Crippen LogP contribution in [0.5, 0.6) is 5.75 Å². The Morgan fingerprint density at radius 3 is 2.33 bits per heavy atom. The SMILES string of the molecule is CCOc1ccc(C(=O)O[C@H](C)C(=O)NC(=O)NC)cc1. The molecule has 1 aromatic carbocycles. The zero-order valence-corrected chi connectivity index (χ0v) is 12.1. The molecule has 2 N–H and O–H groups in total. The van der Waals surface area contributed by atoms with Crippen LogP contribution in [0, 0.1) is 0 Å². The van der Waals surface area contributed by atoms with E-state index in [0.29, 0.717) is 12.4 Å². The van der Waals surface area contributed by atoms with Crippen LogP contribution in [0.25, 0.3) is 0 Å². The van der Waals surface area contributed by atoms with E-state index in [1.54, 1.807) is 12.1 Å². The van der Waals surface area contributed by atoms with Gasteiger partial charge in [0.25, 0.3) is 5.91 Å². The van der Waals surface area contributed by atoms with Crippen molar-refractivity contribution in [3.05, 3.63) is 29.8 Å². The molecule has 0 bridgehead atoms. The molecule has 0 fully saturated rings. The van der Waals surface area contributed by atoms with Gasteiger partial charge in [-0.15, -0.1) is 0 Å². The van der Waals surface area contributed by atoms with Gasteiger partial charge >= 0.3 is 12.0 Å². The number of hydrogen-bond acceptors (Lipinski definition) is 5. The first-order valence-electron chi connectivity index (χ1n) is 6.44. The van der Waals surface area contributed by atoms with Crippen LogP contribution in [0.15, 0.2) is 24.3 Å². The summed E-state index contributed by atoms with van der Waals surface area (Å²) in [5.41, 5.74) is 0.290. The average Bonchev–Trinajstić information content (AvgIpc) is 2.47. The van der Waals surface area contributed by atoms with Crippen molar-refractivity contribution in [2.45, 2.75) is 20.0 Å². The van der Waals surface area contributed by atoms with Gasteiger partial charge in [0.1, 0.15) is 5.75 Å². The molecule has 7 heteroatoms. The highest BCUT2D eigenvalue weighted by atomic mass is 16.5. The first kappa shape index (κ1) is 16.5. The minimum Gasteiger partial charge on any atom is -0.494 e. The summed E-state index contributed by atoms with van der Waals surface area (Å²) in [5.74, 6) is -0.717. The summed E-state index contributed by atoms with van der Waals surface area (Å²) in [5, 5.41) is 4.25. The molecule has 0 unspecified atom stereocenters. The van der Waals surface area contributed by atoms with E-state index in [4.69, 9.17) is 9.47 Å². The third kappa shape index (κ3) is 5.13. The molecule has 3 amide bonds. The molecule has 0 aliphatic heterocycles. The first-order chi connectivity index (χ1) is 9.97. The molecule has 114 valence electrons. The standard InChI is InChI=1S/C14H18N2O5/c1-4-20-11-7-5-10(6-8-11)13(18)21-9(2)12(17)16-14(19)15-3/h5-9H,4H2,1-3H3,(H2,15,16,17,19)/t9-/m1/s1. The predicted molar refractivity (Wildman–Crippen MR) is 75.1 cm³/mol. The van der Waals surface area contributed by atoms with Crippen molar-refractivity contribution >= 4 is 17.9 Å². The maximum Gasteiger partial charge on any atom is 0.338 e. The topological polar surface area (TPSA) is 93.7 Å². The van der Waals surface area contributed by atoms with Crippen LogP contribution in [-0.2, 0) is 9.53 Å². The number of nitrogens with one attached hydrogen (secondary N) is 2. The minimum absolute atomic E-state index is 0.290. The maximum absolute atomic E-state index is 11.8. The molecule has 0 saturated carbocycles. The zero-order chi connectivity index (χ0) is 15.8. The second-order valence-electron chi connectivity index (χ2n) is 4.07. The molecule has 1 aromatic rings. The highest BCUT2D eigenvalue weighted by molar-refractivity contribution is 5.98. The summed E-state index contributed by atoms with van der Waals surface area (Å²) in [4.78, 5) is 34.4. The zero-order valence-electron chi connectivity index (χ0n) is 12.1. The number of rotatable bonds is 5. The molecule has 0 aliphatic carbocycles. The van der Waals surface area contributed by atoms with E-state index in [0.717, 1.165) is 0 Å². The Morgan fingerprint density at radius 2 is 1.81 bits per heavy atom. The molecular formula is C14H18N2O5. The van der Waals surface area contributed by atoms with Gasteiger partial charge in [0.05, 0.1) is 12.2 Å². The fourth-order valence-electron chi connectivity index (χ4n) is 1.41. The third-order valence-electron chi connectivity index (χ3n) is 2.52. The lowest BCUT2D eigenvalue weighted by atomic mass is 10.2. The number of esters is 1. The summed E-state index contributed by atoms with van der Waals surface area (Å²) in [6.45, 7) is 3.76. The Morgan fingerprint density at radius 1 is 1.19 bits per heavy atom. The van der Waals surface area contributed by atoms with Crippen LogP contribution in [0.2, 0.25) is 0 Å². The average molecular weight is 294 g/mol. The Labute approximate surface area is 122 Å². The van der Waals surface area contributed by atoms with E-state index < -0.39 is 24.0 Å². The van der Waals surface area contributed by atoms with Crippen molar-refractivity contribution in [2.75, 3.05) is 13.7 Å². The molecular weight excluding hydrogens is 276 g/mol. The van der Waals surface area contributed by atoms with Crippen molar-refractivity contribution in [1.29, 1.82) is 0 Å². The van der Waals surface area contributed by atoms with Gasteiger partial charge in [0, 0.05) is 7.05 Å². The van der Waals surface area contributed by atoms with Crippen LogP contribution in [0.3, 0.4) is 0 Å². The van der Waals surface area contributed by atoms with E-state index in [2.05, 4.69) is 5.32 Å². The molecule has 0 saturated heterocycles. The van der Waals surface area contributed by atoms with E-state index in [-0.39, 0.29) is 5.56 Å². The van der Waals surface area contributed by atoms with Crippen molar-refractivity contribution in [3.8, 4) is 5.75 Å². The minimum atomic E-state index is -1.08. The molecule has 0 radical (unpaired) electrons. The number of urea groups is 1. The molecule has 21 heavy (non-hydrogen) atoms.